The summed E-state index contributed by atoms with van der Waals surface area (Å²) < 4.78 is 37.5. The molecule has 1 aliphatic rings. The highest BCUT2D eigenvalue weighted by Crippen LogP contribution is 2.25. The fourth-order valence-electron chi connectivity index (χ4n) is 3.40. The van der Waals surface area contributed by atoms with Gasteiger partial charge in [-0.2, -0.15) is 4.31 Å². The molecule has 1 saturated heterocycles. The summed E-state index contributed by atoms with van der Waals surface area (Å²) in [6.45, 7) is 1.37. The highest BCUT2D eigenvalue weighted by atomic mass is 32.2. The van der Waals surface area contributed by atoms with Crippen molar-refractivity contribution in [1.82, 2.24) is 9.21 Å². The van der Waals surface area contributed by atoms with Crippen molar-refractivity contribution >= 4 is 15.9 Å². The average Bonchev–Trinajstić information content (AvgIpc) is 2.77. The molecule has 0 bridgehead atoms. The van der Waals surface area contributed by atoms with Crippen molar-refractivity contribution in [3.63, 3.8) is 0 Å². The van der Waals surface area contributed by atoms with Crippen LogP contribution in [0.5, 0.6) is 11.5 Å². The molecule has 29 heavy (non-hydrogen) atoms. The maximum Gasteiger partial charge on any atom is 0.243 e. The minimum atomic E-state index is -3.52. The average molecular weight is 419 g/mol. The zero-order chi connectivity index (χ0) is 20.9. The highest BCUT2D eigenvalue weighted by Gasteiger charge is 2.29. The number of hydrogen-bond donors (Lipinski definition) is 0. The zero-order valence-electron chi connectivity index (χ0n) is 16.7. The quantitative estimate of drug-likeness (QED) is 0.689. The highest BCUT2D eigenvalue weighted by molar-refractivity contribution is 7.89. The van der Waals surface area contributed by atoms with E-state index in [0.717, 1.165) is 11.3 Å². The lowest BCUT2D eigenvalue weighted by Gasteiger charge is -2.34. The molecule has 0 aromatic heterocycles. The minimum absolute atomic E-state index is 0.00614. The Morgan fingerprint density at radius 1 is 0.966 bits per heavy atom. The first-order chi connectivity index (χ1) is 14.0. The number of hydrogen-bond acceptors (Lipinski definition) is 5. The van der Waals surface area contributed by atoms with Crippen LogP contribution < -0.4 is 9.47 Å². The summed E-state index contributed by atoms with van der Waals surface area (Å²) in [7, 11) is -0.324. The second-order valence-corrected chi connectivity index (χ2v) is 8.71. The van der Waals surface area contributed by atoms with Gasteiger partial charge in [-0.3, -0.25) is 4.79 Å². The lowest BCUT2D eigenvalue weighted by molar-refractivity contribution is -0.132. The van der Waals surface area contributed by atoms with Gasteiger partial charge >= 0.3 is 0 Å². The second-order valence-electron chi connectivity index (χ2n) is 6.78. The van der Waals surface area contributed by atoms with Crippen molar-refractivity contribution in [3.8, 4) is 11.5 Å². The number of amides is 1. The van der Waals surface area contributed by atoms with Gasteiger partial charge in [0.05, 0.1) is 19.1 Å². The lowest BCUT2D eigenvalue weighted by Crippen LogP contribution is -2.50. The van der Waals surface area contributed by atoms with Crippen LogP contribution >= 0.6 is 0 Å². The van der Waals surface area contributed by atoms with E-state index in [1.807, 2.05) is 18.2 Å². The Balaban J connectivity index is 1.57. The van der Waals surface area contributed by atoms with E-state index in [9.17, 15) is 13.2 Å². The predicted molar refractivity (Wildman–Crippen MR) is 110 cm³/mol. The van der Waals surface area contributed by atoms with Gasteiger partial charge in [0.1, 0.15) is 11.5 Å². The second kappa shape index (κ2) is 9.28. The summed E-state index contributed by atoms with van der Waals surface area (Å²) in [5.41, 5.74) is 0.908. The summed E-state index contributed by atoms with van der Waals surface area (Å²) in [5.74, 6) is 1.44. The van der Waals surface area contributed by atoms with Crippen molar-refractivity contribution in [3.05, 3.63) is 54.1 Å². The molecule has 1 heterocycles. The fraction of sp³-hybridized carbons (Fsp3) is 0.381. The van der Waals surface area contributed by atoms with Crippen LogP contribution in [-0.2, 0) is 21.2 Å². The Kier molecular flexibility index (Phi) is 6.76. The number of piperazine rings is 1. The molecule has 0 spiro atoms. The SMILES string of the molecule is COc1ccc(OC)c(CCC(=O)N2CCN(S(=O)(=O)c3ccccc3)CC2)c1. The molecule has 8 heteroatoms. The number of ether oxygens (including phenoxy) is 2. The van der Waals surface area contributed by atoms with Crippen LogP contribution in [0, 0.1) is 0 Å². The summed E-state index contributed by atoms with van der Waals surface area (Å²) in [6, 6.07) is 13.9. The van der Waals surface area contributed by atoms with Gasteiger partial charge in [0.15, 0.2) is 0 Å². The largest absolute Gasteiger partial charge is 0.497 e. The first-order valence-corrected chi connectivity index (χ1v) is 10.9. The van der Waals surface area contributed by atoms with Crippen LogP contribution in [-0.4, -0.2) is 63.9 Å². The number of carbonyl (C=O) groups is 1. The van der Waals surface area contributed by atoms with E-state index in [2.05, 4.69) is 0 Å². The molecule has 156 valence electrons. The van der Waals surface area contributed by atoms with Gasteiger partial charge in [-0.25, -0.2) is 8.42 Å². The van der Waals surface area contributed by atoms with Crippen LogP contribution in [0.4, 0.5) is 0 Å². The van der Waals surface area contributed by atoms with Crippen molar-refractivity contribution in [2.75, 3.05) is 40.4 Å². The molecule has 0 atom stereocenters. The molecule has 2 aromatic carbocycles. The predicted octanol–water partition coefficient (Wildman–Crippen LogP) is 2.17. The van der Waals surface area contributed by atoms with Gasteiger partial charge in [0.25, 0.3) is 0 Å². The molecule has 0 N–H and O–H groups in total. The summed E-state index contributed by atoms with van der Waals surface area (Å²) in [6.07, 6.45) is 0.858. The van der Waals surface area contributed by atoms with Gasteiger partial charge in [-0.05, 0) is 42.3 Å². The molecule has 7 nitrogen and oxygen atoms in total. The fourth-order valence-corrected chi connectivity index (χ4v) is 4.84. The minimum Gasteiger partial charge on any atom is -0.497 e. The molecular formula is C21H26N2O5S. The Labute approximate surface area is 171 Å². The molecule has 0 unspecified atom stereocenters. The third-order valence-corrected chi connectivity index (χ3v) is 6.98. The van der Waals surface area contributed by atoms with E-state index in [4.69, 9.17) is 9.47 Å². The Morgan fingerprint density at radius 3 is 2.28 bits per heavy atom. The van der Waals surface area contributed by atoms with Crippen molar-refractivity contribution in [2.24, 2.45) is 0 Å². The van der Waals surface area contributed by atoms with Crippen LogP contribution in [0.3, 0.4) is 0 Å². The first-order valence-electron chi connectivity index (χ1n) is 9.49. The van der Waals surface area contributed by atoms with Crippen molar-refractivity contribution < 1.29 is 22.7 Å². The molecule has 0 radical (unpaired) electrons. The van der Waals surface area contributed by atoms with Gasteiger partial charge in [-0.15, -0.1) is 0 Å². The van der Waals surface area contributed by atoms with Crippen molar-refractivity contribution in [1.29, 1.82) is 0 Å². The van der Waals surface area contributed by atoms with Crippen LogP contribution in [0.15, 0.2) is 53.4 Å². The molecule has 1 aliphatic heterocycles. The molecular weight excluding hydrogens is 392 g/mol. The number of sulfonamides is 1. The normalized spacial score (nSPS) is 15.2. The number of aryl methyl sites for hydroxylation is 1. The Bertz CT molecular complexity index is 939. The third-order valence-electron chi connectivity index (χ3n) is 5.07. The zero-order valence-corrected chi connectivity index (χ0v) is 17.5. The number of methoxy groups -OCH3 is 2. The molecule has 0 aliphatic carbocycles. The summed E-state index contributed by atoms with van der Waals surface area (Å²) in [5, 5.41) is 0. The van der Waals surface area contributed by atoms with Gasteiger partial charge < -0.3 is 14.4 Å². The Hall–Kier alpha value is -2.58. The van der Waals surface area contributed by atoms with E-state index in [1.54, 1.807) is 49.5 Å². The van der Waals surface area contributed by atoms with Gasteiger partial charge in [-0.1, -0.05) is 18.2 Å². The van der Waals surface area contributed by atoms with E-state index in [0.29, 0.717) is 44.8 Å². The summed E-state index contributed by atoms with van der Waals surface area (Å²) in [4.78, 5) is 14.6. The van der Waals surface area contributed by atoms with E-state index < -0.39 is 10.0 Å². The number of nitrogens with zero attached hydrogens (tertiary/aromatic N) is 2. The Morgan fingerprint density at radius 2 is 1.66 bits per heavy atom. The smallest absolute Gasteiger partial charge is 0.243 e. The number of benzene rings is 2. The van der Waals surface area contributed by atoms with Gasteiger partial charge in [0, 0.05) is 32.6 Å². The monoisotopic (exact) mass is 418 g/mol. The van der Waals surface area contributed by atoms with Crippen LogP contribution in [0.2, 0.25) is 0 Å². The molecule has 1 amide bonds. The standard InChI is InChI=1S/C21H26N2O5S/c1-27-18-9-10-20(28-2)17(16-18)8-11-21(24)22-12-14-23(15-13-22)29(25,26)19-6-4-3-5-7-19/h3-7,9-10,16H,8,11-15H2,1-2H3. The lowest BCUT2D eigenvalue weighted by atomic mass is 10.1. The van der Waals surface area contributed by atoms with Gasteiger partial charge in [0.2, 0.25) is 15.9 Å². The molecule has 3 rings (SSSR count). The van der Waals surface area contributed by atoms with Crippen LogP contribution in [0.1, 0.15) is 12.0 Å². The molecule has 0 saturated carbocycles. The first kappa shape index (κ1) is 21.1. The maximum atomic E-state index is 12.7. The number of rotatable bonds is 7. The summed E-state index contributed by atoms with van der Waals surface area (Å²) >= 11 is 0. The maximum absolute atomic E-state index is 12.7. The van der Waals surface area contributed by atoms with Crippen molar-refractivity contribution in [2.45, 2.75) is 17.7 Å². The third kappa shape index (κ3) is 4.89. The van der Waals surface area contributed by atoms with E-state index in [-0.39, 0.29) is 10.8 Å². The van der Waals surface area contributed by atoms with E-state index >= 15 is 0 Å². The topological polar surface area (TPSA) is 76.2 Å². The number of carbonyl (C=O) groups excluding carboxylic acids is 1. The van der Waals surface area contributed by atoms with E-state index in [1.165, 1.54) is 4.31 Å². The molecule has 2 aromatic rings. The van der Waals surface area contributed by atoms with Crippen LogP contribution in [0.25, 0.3) is 0 Å². The molecule has 1 fully saturated rings.